The highest BCUT2D eigenvalue weighted by Crippen LogP contribution is 2.28. The molecule has 0 atom stereocenters. The van der Waals surface area contributed by atoms with Gasteiger partial charge in [-0.3, -0.25) is 4.79 Å². The summed E-state index contributed by atoms with van der Waals surface area (Å²) in [6.45, 7) is 2.45. The van der Waals surface area contributed by atoms with Gasteiger partial charge in [-0.05, 0) is 62.8 Å². The zero-order valence-electron chi connectivity index (χ0n) is 21.0. The van der Waals surface area contributed by atoms with Crippen LogP contribution < -0.4 is 15.5 Å². The summed E-state index contributed by atoms with van der Waals surface area (Å²) in [5, 5.41) is 16.5. The van der Waals surface area contributed by atoms with Gasteiger partial charge in [-0.25, -0.2) is 4.98 Å². The number of carbonyl (C=O) groups excluding carboxylic acids is 1. The molecule has 0 radical (unpaired) electrons. The van der Waals surface area contributed by atoms with Crippen LogP contribution in [-0.4, -0.2) is 57.6 Å². The topological polar surface area (TPSA) is 101 Å². The van der Waals surface area contributed by atoms with Crippen LogP contribution in [0.2, 0.25) is 0 Å². The quantitative estimate of drug-likeness (QED) is 0.409. The Hall–Kier alpha value is -4.01. The monoisotopic (exact) mass is 484 g/mol. The molecule has 0 spiro atoms. The summed E-state index contributed by atoms with van der Waals surface area (Å²) >= 11 is 0. The zero-order valence-corrected chi connectivity index (χ0v) is 21.0. The Balaban J connectivity index is 1.15. The van der Waals surface area contributed by atoms with Crippen molar-refractivity contribution in [1.82, 2.24) is 30.3 Å². The maximum Gasteiger partial charge on any atom is 0.273 e. The SMILES string of the molecule is Cc1nn(-c2ccccc2)nc1C(=O)NCC1CCC(Nc2nc(N(C)C)c3ccccc3n2)CC1. The van der Waals surface area contributed by atoms with E-state index in [9.17, 15) is 4.79 Å². The first-order chi connectivity index (χ1) is 17.5. The molecule has 0 unspecified atom stereocenters. The molecule has 5 rings (SSSR count). The first-order valence-electron chi connectivity index (χ1n) is 12.5. The van der Waals surface area contributed by atoms with Crippen LogP contribution in [0.25, 0.3) is 16.6 Å². The highest BCUT2D eigenvalue weighted by Gasteiger charge is 2.24. The van der Waals surface area contributed by atoms with Gasteiger partial charge in [-0.15, -0.1) is 5.10 Å². The van der Waals surface area contributed by atoms with Crippen LogP contribution in [0, 0.1) is 12.8 Å². The molecule has 2 heterocycles. The van der Waals surface area contributed by atoms with E-state index >= 15 is 0 Å². The molecule has 0 bridgehead atoms. The number of aryl methyl sites for hydroxylation is 1. The molecule has 2 aromatic carbocycles. The lowest BCUT2D eigenvalue weighted by Gasteiger charge is -2.29. The van der Waals surface area contributed by atoms with E-state index in [1.165, 1.54) is 4.80 Å². The van der Waals surface area contributed by atoms with Crippen LogP contribution in [0.1, 0.15) is 41.9 Å². The molecule has 9 nitrogen and oxygen atoms in total. The van der Waals surface area contributed by atoms with Crippen LogP contribution in [0.4, 0.5) is 11.8 Å². The van der Waals surface area contributed by atoms with Crippen LogP contribution in [0.5, 0.6) is 0 Å². The lowest BCUT2D eigenvalue weighted by molar-refractivity contribution is 0.0937. The highest BCUT2D eigenvalue weighted by molar-refractivity contribution is 5.93. The van der Waals surface area contributed by atoms with Gasteiger partial charge in [0.25, 0.3) is 5.91 Å². The van der Waals surface area contributed by atoms with Gasteiger partial charge < -0.3 is 15.5 Å². The summed E-state index contributed by atoms with van der Waals surface area (Å²) in [5.41, 5.74) is 2.77. The van der Waals surface area contributed by atoms with E-state index in [-0.39, 0.29) is 5.91 Å². The minimum Gasteiger partial charge on any atom is -0.362 e. The second-order valence-corrected chi connectivity index (χ2v) is 9.61. The predicted molar refractivity (Wildman–Crippen MR) is 142 cm³/mol. The van der Waals surface area contributed by atoms with Crippen molar-refractivity contribution in [2.45, 2.75) is 38.6 Å². The van der Waals surface area contributed by atoms with Crippen molar-refractivity contribution in [3.63, 3.8) is 0 Å². The fraction of sp³-hybridized carbons (Fsp3) is 0.370. The lowest BCUT2D eigenvalue weighted by Crippen LogP contribution is -2.34. The molecule has 1 amide bonds. The van der Waals surface area contributed by atoms with Gasteiger partial charge in [0, 0.05) is 32.1 Å². The Morgan fingerprint density at radius 3 is 2.44 bits per heavy atom. The largest absolute Gasteiger partial charge is 0.362 e. The third-order valence-corrected chi connectivity index (χ3v) is 6.72. The maximum atomic E-state index is 12.8. The average molecular weight is 485 g/mol. The van der Waals surface area contributed by atoms with Crippen molar-refractivity contribution < 1.29 is 4.79 Å². The minimum absolute atomic E-state index is 0.171. The normalized spacial score (nSPS) is 17.6. The highest BCUT2D eigenvalue weighted by atomic mass is 16.2. The number of nitrogens with zero attached hydrogens (tertiary/aromatic N) is 6. The van der Waals surface area contributed by atoms with E-state index in [2.05, 4.69) is 26.9 Å². The molecule has 1 aliphatic rings. The molecule has 36 heavy (non-hydrogen) atoms. The number of amides is 1. The van der Waals surface area contributed by atoms with Crippen LogP contribution in [0.15, 0.2) is 54.6 Å². The van der Waals surface area contributed by atoms with Gasteiger partial charge in [0.05, 0.1) is 16.9 Å². The molecule has 2 N–H and O–H groups in total. The molecule has 9 heteroatoms. The molecular weight excluding hydrogens is 452 g/mol. The van der Waals surface area contributed by atoms with Crippen molar-refractivity contribution in [2.24, 2.45) is 5.92 Å². The van der Waals surface area contributed by atoms with E-state index in [4.69, 9.17) is 9.97 Å². The molecule has 1 saturated carbocycles. The number of para-hydroxylation sites is 2. The summed E-state index contributed by atoms with van der Waals surface area (Å²) in [5.74, 6) is 1.85. The number of fused-ring (bicyclic) bond motifs is 1. The third kappa shape index (κ3) is 5.15. The Kier molecular flexibility index (Phi) is 6.79. The number of hydrogen-bond acceptors (Lipinski definition) is 7. The van der Waals surface area contributed by atoms with Crippen LogP contribution >= 0.6 is 0 Å². The lowest BCUT2D eigenvalue weighted by atomic mass is 9.86. The first-order valence-corrected chi connectivity index (χ1v) is 12.5. The van der Waals surface area contributed by atoms with Crippen molar-refractivity contribution in [3.05, 3.63) is 66.0 Å². The number of benzene rings is 2. The van der Waals surface area contributed by atoms with Crippen molar-refractivity contribution in [1.29, 1.82) is 0 Å². The number of hydrogen-bond donors (Lipinski definition) is 2. The van der Waals surface area contributed by atoms with Crippen LogP contribution in [0.3, 0.4) is 0 Å². The molecule has 1 aliphatic carbocycles. The predicted octanol–water partition coefficient (Wildman–Crippen LogP) is 3.99. The fourth-order valence-corrected chi connectivity index (χ4v) is 4.74. The van der Waals surface area contributed by atoms with Gasteiger partial charge in [0.1, 0.15) is 5.82 Å². The summed E-state index contributed by atoms with van der Waals surface area (Å²) in [7, 11) is 4.00. The Morgan fingerprint density at radius 2 is 1.69 bits per heavy atom. The average Bonchev–Trinajstić information content (AvgIpc) is 3.29. The zero-order chi connectivity index (χ0) is 25.1. The van der Waals surface area contributed by atoms with Gasteiger partial charge in [-0.1, -0.05) is 30.3 Å². The second-order valence-electron chi connectivity index (χ2n) is 9.61. The molecule has 0 saturated heterocycles. The number of aromatic nitrogens is 5. The number of anilines is 2. The van der Waals surface area contributed by atoms with E-state index in [1.807, 2.05) is 74.4 Å². The Bertz CT molecular complexity index is 1340. The first kappa shape index (κ1) is 23.7. The summed E-state index contributed by atoms with van der Waals surface area (Å²) in [6.07, 6.45) is 4.08. The summed E-state index contributed by atoms with van der Waals surface area (Å²) in [4.78, 5) is 25.8. The molecule has 2 aromatic heterocycles. The molecule has 186 valence electrons. The summed E-state index contributed by atoms with van der Waals surface area (Å²) < 4.78 is 0. The van der Waals surface area contributed by atoms with E-state index in [0.29, 0.717) is 35.8 Å². The number of carbonyl (C=O) groups is 1. The van der Waals surface area contributed by atoms with Gasteiger partial charge in [-0.2, -0.15) is 14.9 Å². The fourth-order valence-electron chi connectivity index (χ4n) is 4.74. The van der Waals surface area contributed by atoms with Gasteiger partial charge in [0.15, 0.2) is 5.69 Å². The second kappa shape index (κ2) is 10.3. The Morgan fingerprint density at radius 1 is 0.972 bits per heavy atom. The summed E-state index contributed by atoms with van der Waals surface area (Å²) in [6, 6.07) is 18.0. The minimum atomic E-state index is -0.171. The maximum absolute atomic E-state index is 12.8. The standard InChI is InChI=1S/C27H32N8O/c1-18-24(33-35(32-18)21-9-5-4-6-10-21)26(36)28-17-19-13-15-20(16-14-19)29-27-30-23-12-8-7-11-22(23)25(31-27)34(2)3/h4-12,19-20H,13-17H2,1-3H3,(H,28,36)(H,29,30,31). The van der Waals surface area contributed by atoms with E-state index < -0.39 is 0 Å². The van der Waals surface area contributed by atoms with Gasteiger partial charge >= 0.3 is 0 Å². The third-order valence-electron chi connectivity index (χ3n) is 6.72. The van der Waals surface area contributed by atoms with E-state index in [0.717, 1.165) is 48.1 Å². The Labute approximate surface area is 210 Å². The van der Waals surface area contributed by atoms with Crippen molar-refractivity contribution in [2.75, 3.05) is 30.9 Å². The molecule has 1 fully saturated rings. The molecule has 0 aliphatic heterocycles. The molecular formula is C27H32N8O. The van der Waals surface area contributed by atoms with E-state index in [1.54, 1.807) is 0 Å². The number of nitrogens with one attached hydrogen (secondary N) is 2. The van der Waals surface area contributed by atoms with Crippen molar-refractivity contribution >= 4 is 28.6 Å². The molecule has 4 aromatic rings. The van der Waals surface area contributed by atoms with Gasteiger partial charge in [0.2, 0.25) is 5.95 Å². The van der Waals surface area contributed by atoms with Crippen molar-refractivity contribution in [3.8, 4) is 5.69 Å². The number of rotatable bonds is 7. The smallest absolute Gasteiger partial charge is 0.273 e. The van der Waals surface area contributed by atoms with Crippen LogP contribution in [-0.2, 0) is 0 Å².